The highest BCUT2D eigenvalue weighted by molar-refractivity contribution is 5.88. The molecular formula is C23H28O5. The van der Waals surface area contributed by atoms with Crippen LogP contribution >= 0.6 is 0 Å². The van der Waals surface area contributed by atoms with Crippen molar-refractivity contribution in [3.8, 4) is 16.9 Å². The van der Waals surface area contributed by atoms with Crippen LogP contribution in [0.5, 0.6) is 5.75 Å². The van der Waals surface area contributed by atoms with Crippen LogP contribution in [0.1, 0.15) is 49.9 Å². The predicted octanol–water partition coefficient (Wildman–Crippen LogP) is 5.19. The van der Waals surface area contributed by atoms with E-state index in [-0.39, 0.29) is 17.5 Å². The number of esters is 1. The zero-order chi connectivity index (χ0) is 20.4. The van der Waals surface area contributed by atoms with E-state index in [2.05, 4.69) is 0 Å². The SMILES string of the molecule is CC(C)C(=O)OCCCCCCOc1ccc(-c2ccc(C(=O)O)cc2)cc1. The van der Waals surface area contributed by atoms with Gasteiger partial charge in [0.15, 0.2) is 0 Å². The van der Waals surface area contributed by atoms with Crippen molar-refractivity contribution in [3.63, 3.8) is 0 Å². The van der Waals surface area contributed by atoms with Crippen molar-refractivity contribution >= 4 is 11.9 Å². The van der Waals surface area contributed by atoms with Crippen LogP contribution in [0, 0.1) is 5.92 Å². The average molecular weight is 384 g/mol. The summed E-state index contributed by atoms with van der Waals surface area (Å²) in [4.78, 5) is 22.2. The first-order valence-electron chi connectivity index (χ1n) is 9.70. The molecule has 28 heavy (non-hydrogen) atoms. The summed E-state index contributed by atoms with van der Waals surface area (Å²) in [6.07, 6.45) is 3.89. The lowest BCUT2D eigenvalue weighted by Crippen LogP contribution is -2.12. The van der Waals surface area contributed by atoms with Crippen molar-refractivity contribution in [1.29, 1.82) is 0 Å². The molecule has 0 atom stereocenters. The molecule has 0 bridgehead atoms. The maximum atomic E-state index is 11.3. The van der Waals surface area contributed by atoms with Crippen LogP contribution in [0.25, 0.3) is 11.1 Å². The lowest BCUT2D eigenvalue weighted by Gasteiger charge is -2.08. The molecule has 0 spiro atoms. The van der Waals surface area contributed by atoms with E-state index in [1.807, 2.05) is 38.1 Å². The molecule has 5 nitrogen and oxygen atoms in total. The molecule has 0 aliphatic carbocycles. The first-order chi connectivity index (χ1) is 13.5. The Morgan fingerprint density at radius 1 is 0.821 bits per heavy atom. The Morgan fingerprint density at radius 3 is 1.89 bits per heavy atom. The topological polar surface area (TPSA) is 72.8 Å². The first kappa shape index (κ1) is 21.5. The van der Waals surface area contributed by atoms with Crippen molar-refractivity contribution < 1.29 is 24.2 Å². The van der Waals surface area contributed by atoms with Gasteiger partial charge in [-0.15, -0.1) is 0 Å². The number of hydrogen-bond donors (Lipinski definition) is 1. The van der Waals surface area contributed by atoms with Gasteiger partial charge in [0.05, 0.1) is 24.7 Å². The lowest BCUT2D eigenvalue weighted by atomic mass is 10.0. The second-order valence-electron chi connectivity index (χ2n) is 6.99. The zero-order valence-electron chi connectivity index (χ0n) is 16.5. The zero-order valence-corrected chi connectivity index (χ0v) is 16.5. The molecule has 2 rings (SSSR count). The number of carboxylic acids is 1. The molecule has 0 heterocycles. The molecule has 0 aromatic heterocycles. The minimum absolute atomic E-state index is 0.0658. The maximum absolute atomic E-state index is 11.3. The van der Waals surface area contributed by atoms with Crippen molar-refractivity contribution in [3.05, 3.63) is 54.1 Å². The van der Waals surface area contributed by atoms with E-state index in [1.165, 1.54) is 0 Å². The summed E-state index contributed by atoms with van der Waals surface area (Å²) >= 11 is 0. The molecule has 0 radical (unpaired) electrons. The summed E-state index contributed by atoms with van der Waals surface area (Å²) in [5, 5.41) is 8.95. The Hall–Kier alpha value is -2.82. The molecule has 0 saturated carbocycles. The average Bonchev–Trinajstić information content (AvgIpc) is 2.70. The van der Waals surface area contributed by atoms with Crippen LogP contribution in [0.2, 0.25) is 0 Å². The van der Waals surface area contributed by atoms with Gasteiger partial charge < -0.3 is 14.6 Å². The number of hydrogen-bond acceptors (Lipinski definition) is 4. The fourth-order valence-electron chi connectivity index (χ4n) is 2.64. The number of rotatable bonds is 11. The van der Waals surface area contributed by atoms with Gasteiger partial charge in [0.2, 0.25) is 0 Å². The second kappa shape index (κ2) is 11.1. The minimum atomic E-state index is -0.924. The molecule has 0 amide bonds. The molecule has 0 fully saturated rings. The van der Waals surface area contributed by atoms with Crippen molar-refractivity contribution in [1.82, 2.24) is 0 Å². The normalized spacial score (nSPS) is 10.7. The molecule has 0 unspecified atom stereocenters. The summed E-state index contributed by atoms with van der Waals surface area (Å²) in [5.41, 5.74) is 2.26. The number of carbonyl (C=O) groups is 2. The van der Waals surface area contributed by atoms with Gasteiger partial charge in [-0.1, -0.05) is 38.1 Å². The minimum Gasteiger partial charge on any atom is -0.494 e. The monoisotopic (exact) mass is 384 g/mol. The molecule has 2 aromatic carbocycles. The molecular weight excluding hydrogens is 356 g/mol. The van der Waals surface area contributed by atoms with E-state index in [9.17, 15) is 9.59 Å². The Morgan fingerprint density at radius 2 is 1.36 bits per heavy atom. The van der Waals surface area contributed by atoms with E-state index in [1.54, 1.807) is 24.3 Å². The summed E-state index contributed by atoms with van der Waals surface area (Å²) in [7, 11) is 0. The Kier molecular flexibility index (Phi) is 8.53. The fraction of sp³-hybridized carbons (Fsp3) is 0.391. The molecule has 2 aromatic rings. The molecule has 0 aliphatic heterocycles. The van der Waals surface area contributed by atoms with Crippen LogP contribution in [-0.2, 0) is 9.53 Å². The molecule has 150 valence electrons. The molecule has 0 aliphatic rings. The van der Waals surface area contributed by atoms with E-state index in [0.717, 1.165) is 42.6 Å². The Balaban J connectivity index is 1.65. The third-order valence-electron chi connectivity index (χ3n) is 4.34. The van der Waals surface area contributed by atoms with Crippen LogP contribution in [-0.4, -0.2) is 30.3 Å². The number of carbonyl (C=O) groups excluding carboxylic acids is 1. The Bertz CT molecular complexity index is 748. The van der Waals surface area contributed by atoms with E-state index >= 15 is 0 Å². The van der Waals surface area contributed by atoms with Crippen LogP contribution < -0.4 is 4.74 Å². The van der Waals surface area contributed by atoms with Gasteiger partial charge in [-0.2, -0.15) is 0 Å². The van der Waals surface area contributed by atoms with Gasteiger partial charge >= 0.3 is 11.9 Å². The van der Waals surface area contributed by atoms with E-state index in [0.29, 0.717) is 13.2 Å². The molecule has 5 heteroatoms. The summed E-state index contributed by atoms with van der Waals surface area (Å²) in [6.45, 7) is 4.81. The number of aromatic carboxylic acids is 1. The molecule has 1 N–H and O–H groups in total. The number of carboxylic acid groups (broad SMARTS) is 1. The highest BCUT2D eigenvalue weighted by atomic mass is 16.5. The molecule has 0 saturated heterocycles. The van der Waals surface area contributed by atoms with Crippen LogP contribution in [0.15, 0.2) is 48.5 Å². The van der Waals surface area contributed by atoms with Gasteiger partial charge in [0.25, 0.3) is 0 Å². The van der Waals surface area contributed by atoms with E-state index in [4.69, 9.17) is 14.6 Å². The second-order valence-corrected chi connectivity index (χ2v) is 6.99. The fourth-order valence-corrected chi connectivity index (χ4v) is 2.64. The number of benzene rings is 2. The van der Waals surface area contributed by atoms with Crippen LogP contribution in [0.4, 0.5) is 0 Å². The third-order valence-corrected chi connectivity index (χ3v) is 4.34. The quantitative estimate of drug-likeness (QED) is 0.426. The number of unbranched alkanes of at least 4 members (excludes halogenated alkanes) is 3. The number of ether oxygens (including phenoxy) is 2. The van der Waals surface area contributed by atoms with Crippen molar-refractivity contribution in [2.24, 2.45) is 5.92 Å². The Labute approximate surface area is 166 Å². The van der Waals surface area contributed by atoms with Gasteiger partial charge in [0, 0.05) is 0 Å². The first-order valence-corrected chi connectivity index (χ1v) is 9.70. The summed E-state index contributed by atoms with van der Waals surface area (Å²) < 4.78 is 10.9. The lowest BCUT2D eigenvalue weighted by molar-refractivity contribution is -0.147. The van der Waals surface area contributed by atoms with E-state index < -0.39 is 5.97 Å². The van der Waals surface area contributed by atoms with Gasteiger partial charge in [-0.25, -0.2) is 4.79 Å². The summed E-state index contributed by atoms with van der Waals surface area (Å²) in [6, 6.07) is 14.6. The van der Waals surface area contributed by atoms with Crippen LogP contribution in [0.3, 0.4) is 0 Å². The van der Waals surface area contributed by atoms with Crippen molar-refractivity contribution in [2.45, 2.75) is 39.5 Å². The summed E-state index contributed by atoms with van der Waals surface area (Å²) in [5.74, 6) is -0.308. The highest BCUT2D eigenvalue weighted by Gasteiger charge is 2.07. The third kappa shape index (κ3) is 7.06. The van der Waals surface area contributed by atoms with Gasteiger partial charge in [-0.3, -0.25) is 4.79 Å². The maximum Gasteiger partial charge on any atom is 0.335 e. The van der Waals surface area contributed by atoms with Gasteiger partial charge in [0.1, 0.15) is 5.75 Å². The van der Waals surface area contributed by atoms with Crippen molar-refractivity contribution in [2.75, 3.05) is 13.2 Å². The smallest absolute Gasteiger partial charge is 0.335 e. The standard InChI is InChI=1S/C23H28O5/c1-17(2)23(26)28-16-6-4-3-5-15-27-21-13-11-19(12-14-21)18-7-9-20(10-8-18)22(24)25/h7-14,17H,3-6,15-16H2,1-2H3,(H,24,25). The van der Waals surface area contributed by atoms with Gasteiger partial charge in [-0.05, 0) is 61.1 Å². The largest absolute Gasteiger partial charge is 0.494 e. The predicted molar refractivity (Wildman–Crippen MR) is 109 cm³/mol. The highest BCUT2D eigenvalue weighted by Crippen LogP contribution is 2.23.